The second kappa shape index (κ2) is 12.7. The van der Waals surface area contributed by atoms with Crippen LogP contribution in [0.5, 0.6) is 0 Å². The van der Waals surface area contributed by atoms with E-state index in [9.17, 15) is 25.0 Å². The zero-order chi connectivity index (χ0) is 31.2. The predicted molar refractivity (Wildman–Crippen MR) is 171 cm³/mol. The van der Waals surface area contributed by atoms with Crippen molar-refractivity contribution in [2.75, 3.05) is 0 Å². The Morgan fingerprint density at radius 2 is 1.39 bits per heavy atom. The van der Waals surface area contributed by atoms with Crippen molar-refractivity contribution in [1.29, 1.82) is 0 Å². The number of carboxylic acids is 2. The van der Waals surface area contributed by atoms with Crippen molar-refractivity contribution in [3.05, 3.63) is 81.1 Å². The Bertz CT molecular complexity index is 1940. The van der Waals surface area contributed by atoms with Crippen molar-refractivity contribution in [3.8, 4) is 0 Å². The molecule has 3 N–H and O–H groups in total. The molecule has 3 aromatic rings. The topological polar surface area (TPSA) is 144 Å². The van der Waals surface area contributed by atoms with Crippen LogP contribution in [0.15, 0.2) is 30.8 Å². The zero-order valence-corrected chi connectivity index (χ0v) is 28.8. The van der Waals surface area contributed by atoms with Crippen molar-refractivity contribution >= 4 is 62.4 Å². The summed E-state index contributed by atoms with van der Waals surface area (Å²) in [6.45, 7) is 13.8. The van der Waals surface area contributed by atoms with Crippen LogP contribution < -0.4 is 0 Å². The molecule has 0 unspecified atom stereocenters. The van der Waals surface area contributed by atoms with E-state index in [1.54, 1.807) is 12.1 Å². The van der Waals surface area contributed by atoms with Crippen molar-refractivity contribution in [2.24, 2.45) is 0 Å². The van der Waals surface area contributed by atoms with Gasteiger partial charge in [0, 0.05) is 40.5 Å². The first-order chi connectivity index (χ1) is 20.4. The van der Waals surface area contributed by atoms with Crippen LogP contribution in [-0.4, -0.2) is 41.8 Å². The summed E-state index contributed by atoms with van der Waals surface area (Å²) < 4.78 is 0.948. The number of allylic oxidation sites excluding steroid dienone is 4. The number of carboxylic acid groups (broad SMARTS) is 2. The summed E-state index contributed by atoms with van der Waals surface area (Å²) in [6.07, 6.45) is 2.81. The molecule has 2 aliphatic heterocycles. The zero-order valence-electron chi connectivity index (χ0n) is 25.8. The van der Waals surface area contributed by atoms with Crippen LogP contribution in [-0.2, 0) is 35.5 Å². The maximum atomic E-state index is 13.8. The first kappa shape index (κ1) is 32.6. The molecule has 0 atom stereocenters. The Morgan fingerprint density at radius 3 is 1.89 bits per heavy atom. The maximum Gasteiger partial charge on any atom is 2.00 e. The fourth-order valence-corrected chi connectivity index (χ4v) is 6.09. The largest absolute Gasteiger partial charge is 2.00 e. The number of aliphatic carboxylic acids is 2. The second-order valence-electron chi connectivity index (χ2n) is 11.1. The van der Waals surface area contributed by atoms with E-state index >= 15 is 0 Å². The number of aromatic nitrogens is 4. The third-order valence-electron chi connectivity index (χ3n) is 8.57. The summed E-state index contributed by atoms with van der Waals surface area (Å²) in [5, 5.41) is 32.7. The average molecular weight is 645 g/mol. The minimum absolute atomic E-state index is 0. The number of H-pyrrole nitrogens is 1. The molecule has 0 radical (unpaired) electrons. The smallest absolute Gasteiger partial charge is 0.805 e. The van der Waals surface area contributed by atoms with Gasteiger partial charge in [0.25, 0.3) is 0 Å². The van der Waals surface area contributed by atoms with Gasteiger partial charge in [-0.3, -0.25) is 9.59 Å². The normalized spacial score (nSPS) is 12.8. The van der Waals surface area contributed by atoms with E-state index in [0.29, 0.717) is 40.2 Å². The van der Waals surface area contributed by atoms with Gasteiger partial charge >= 0.3 is 31.4 Å². The van der Waals surface area contributed by atoms with Crippen LogP contribution in [0.4, 0.5) is 0 Å². The molecule has 9 nitrogen and oxygen atoms in total. The summed E-state index contributed by atoms with van der Waals surface area (Å²) in [4.78, 5) is 36.4. The quantitative estimate of drug-likeness (QED) is 0.215. The van der Waals surface area contributed by atoms with E-state index in [0.717, 1.165) is 60.3 Å². The van der Waals surface area contributed by atoms with Crippen LogP contribution in [0.25, 0.3) is 50.4 Å². The molecule has 3 aromatic heterocycles. The van der Waals surface area contributed by atoms with Crippen molar-refractivity contribution in [2.45, 2.75) is 66.7 Å². The SMILES string of the molecule is C=Cc1c(C)c2cc3c(CC)c(C)c(cc4nc(cc5nc(cc1[nH]2)C(C)=C5CCC(=O)O)C(CCC(=O)O)=C4C)n3[O-].[Zn+2]. The second-order valence-corrected chi connectivity index (χ2v) is 11.1. The Labute approximate surface area is 268 Å². The summed E-state index contributed by atoms with van der Waals surface area (Å²) in [7, 11) is 0. The molecular formula is C34H35N4O5Zn+. The Hall–Kier alpha value is -4.30. The van der Waals surface area contributed by atoms with Gasteiger partial charge in [-0.05, 0) is 110 Å². The van der Waals surface area contributed by atoms with Gasteiger partial charge in [-0.1, -0.05) is 19.6 Å². The predicted octanol–water partition coefficient (Wildman–Crippen LogP) is 7.54. The fourth-order valence-electron chi connectivity index (χ4n) is 6.09. The van der Waals surface area contributed by atoms with Gasteiger partial charge < -0.3 is 25.1 Å². The molecule has 0 saturated heterocycles. The first-order valence-corrected chi connectivity index (χ1v) is 14.4. The van der Waals surface area contributed by atoms with Crippen LogP contribution >= 0.6 is 0 Å². The van der Waals surface area contributed by atoms with Gasteiger partial charge in [-0.25, -0.2) is 9.97 Å². The number of nitrogens with one attached hydrogen (secondary N) is 1. The number of aromatic amines is 1. The molecule has 5 heterocycles. The van der Waals surface area contributed by atoms with E-state index in [4.69, 9.17) is 9.97 Å². The molecule has 44 heavy (non-hydrogen) atoms. The average Bonchev–Trinajstić information content (AvgIpc) is 3.59. The van der Waals surface area contributed by atoms with Crippen molar-refractivity contribution in [1.82, 2.24) is 19.7 Å². The van der Waals surface area contributed by atoms with Gasteiger partial charge in [-0.2, -0.15) is 0 Å². The van der Waals surface area contributed by atoms with Crippen LogP contribution in [0.3, 0.4) is 0 Å². The van der Waals surface area contributed by atoms with Crippen LogP contribution in [0.1, 0.15) is 91.5 Å². The van der Waals surface area contributed by atoms with Gasteiger partial charge in [-0.15, -0.1) is 0 Å². The van der Waals surface area contributed by atoms with Gasteiger partial charge in [0.05, 0.1) is 22.8 Å². The van der Waals surface area contributed by atoms with Crippen molar-refractivity contribution in [3.63, 3.8) is 0 Å². The van der Waals surface area contributed by atoms with E-state index in [1.807, 2.05) is 52.8 Å². The van der Waals surface area contributed by atoms with Crippen LogP contribution in [0.2, 0.25) is 0 Å². The molecule has 0 aromatic carbocycles. The molecule has 10 heteroatoms. The summed E-state index contributed by atoms with van der Waals surface area (Å²) in [6, 6.07) is 7.39. The molecule has 8 bridgehead atoms. The van der Waals surface area contributed by atoms with E-state index in [1.165, 1.54) is 0 Å². The molecular weight excluding hydrogens is 610 g/mol. The third-order valence-corrected chi connectivity index (χ3v) is 8.57. The van der Waals surface area contributed by atoms with Gasteiger partial charge in [0.1, 0.15) is 0 Å². The number of carbonyl (C=O) groups is 2. The molecule has 0 aliphatic carbocycles. The molecule has 222 valence electrons. The van der Waals surface area contributed by atoms with E-state index < -0.39 is 11.9 Å². The van der Waals surface area contributed by atoms with Gasteiger partial charge in [0.2, 0.25) is 0 Å². The Morgan fingerprint density at radius 1 is 0.841 bits per heavy atom. The molecule has 0 saturated carbocycles. The minimum Gasteiger partial charge on any atom is -0.805 e. The molecule has 2 aliphatic rings. The van der Waals surface area contributed by atoms with E-state index in [-0.39, 0.29) is 45.2 Å². The Balaban J connectivity index is 0.00000442. The van der Waals surface area contributed by atoms with Crippen molar-refractivity contribution < 1.29 is 39.3 Å². The summed E-state index contributed by atoms with van der Waals surface area (Å²) in [5.41, 5.74) is 11.8. The molecule has 0 amide bonds. The maximum absolute atomic E-state index is 13.8. The first-order valence-electron chi connectivity index (χ1n) is 14.4. The minimum atomic E-state index is -0.924. The summed E-state index contributed by atoms with van der Waals surface area (Å²) in [5.74, 6) is -1.83. The number of rotatable bonds is 8. The third kappa shape index (κ3) is 5.78. The van der Waals surface area contributed by atoms with E-state index in [2.05, 4.69) is 11.6 Å². The molecule has 0 fully saturated rings. The number of aryl methyl sites for hydroxylation is 3. The molecule has 5 rings (SSSR count). The standard InChI is InChI=1S/C34H35N4O5.Zn/c1-7-21-17(3)27-16-32-22(8-2)20(6)31(38(32)43)15-26-19(5)24(10-12-34(41)42)30(37-26)14-29-23(9-11-33(39)40)18(4)25(35-29)13-28(21)36-27;/h7,13-16,36H,1,8-12H2,2-6H3,(H,39,40)(H,41,42);/q-1;+2. The Kier molecular flexibility index (Phi) is 9.45. The molecule has 0 spiro atoms. The van der Waals surface area contributed by atoms with Gasteiger partial charge in [0.15, 0.2) is 0 Å². The number of fused-ring (bicyclic) bond motifs is 8. The number of nitrogens with zero attached hydrogens (tertiary/aromatic N) is 3. The monoisotopic (exact) mass is 643 g/mol. The number of hydrogen-bond acceptors (Lipinski definition) is 5. The number of hydrogen-bond donors (Lipinski definition) is 3. The summed E-state index contributed by atoms with van der Waals surface area (Å²) >= 11 is 0. The van der Waals surface area contributed by atoms with Crippen LogP contribution in [0, 0.1) is 19.1 Å². The fraction of sp³-hybridized carbons (Fsp3) is 0.294.